The molecular formula is C16H28N6O. The highest BCUT2D eigenvalue weighted by molar-refractivity contribution is 5.92. The maximum Gasteiger partial charge on any atom is 0.276 e. The fourth-order valence-electron chi connectivity index (χ4n) is 3.44. The molecule has 0 radical (unpaired) electrons. The molecule has 1 aromatic heterocycles. The first kappa shape index (κ1) is 16.4. The lowest BCUT2D eigenvalue weighted by molar-refractivity contribution is 0.0618. The average molecular weight is 320 g/mol. The molecule has 0 saturated carbocycles. The summed E-state index contributed by atoms with van der Waals surface area (Å²) < 4.78 is 1.88. The lowest BCUT2D eigenvalue weighted by atomic mass is 10.1. The zero-order valence-electron chi connectivity index (χ0n) is 14.2. The van der Waals surface area contributed by atoms with Gasteiger partial charge in [0.2, 0.25) is 0 Å². The van der Waals surface area contributed by atoms with E-state index >= 15 is 0 Å². The quantitative estimate of drug-likeness (QED) is 0.881. The van der Waals surface area contributed by atoms with Crippen molar-refractivity contribution < 1.29 is 4.79 Å². The van der Waals surface area contributed by atoms with E-state index in [1.165, 1.54) is 0 Å². The van der Waals surface area contributed by atoms with Crippen LogP contribution in [0.2, 0.25) is 0 Å². The van der Waals surface area contributed by atoms with Crippen LogP contribution in [-0.4, -0.2) is 76.5 Å². The predicted octanol–water partition coefficient (Wildman–Crippen LogP) is 0.616. The number of amides is 1. The minimum absolute atomic E-state index is 0.0226. The number of carbonyl (C=O) groups excluding carboxylic acids is 1. The van der Waals surface area contributed by atoms with Crippen molar-refractivity contribution in [1.29, 1.82) is 0 Å². The first-order valence-corrected chi connectivity index (χ1v) is 8.77. The standard InChI is InChI=1S/C16H28N6O/c1-13(2)11-20-7-9-21(10-8-20)16(23)15-12-22(19-18-15)14-3-5-17-6-4-14/h12-14,17H,3-11H2,1-2H3. The Balaban J connectivity index is 1.55. The summed E-state index contributed by atoms with van der Waals surface area (Å²) in [5.74, 6) is 0.691. The van der Waals surface area contributed by atoms with Gasteiger partial charge >= 0.3 is 0 Å². The van der Waals surface area contributed by atoms with Crippen LogP contribution in [-0.2, 0) is 0 Å². The maximum absolute atomic E-state index is 12.6. The highest BCUT2D eigenvalue weighted by Gasteiger charge is 2.25. The molecule has 2 aliphatic heterocycles. The fourth-order valence-corrected chi connectivity index (χ4v) is 3.44. The van der Waals surface area contributed by atoms with Gasteiger partial charge in [0, 0.05) is 32.7 Å². The van der Waals surface area contributed by atoms with Crippen LogP contribution in [0.3, 0.4) is 0 Å². The molecule has 128 valence electrons. The first-order valence-electron chi connectivity index (χ1n) is 8.77. The molecule has 1 N–H and O–H groups in total. The van der Waals surface area contributed by atoms with Crippen LogP contribution in [0.4, 0.5) is 0 Å². The third-order valence-corrected chi connectivity index (χ3v) is 4.70. The van der Waals surface area contributed by atoms with Gasteiger partial charge in [0.25, 0.3) is 5.91 Å². The van der Waals surface area contributed by atoms with Crippen molar-refractivity contribution in [2.45, 2.75) is 32.7 Å². The Morgan fingerprint density at radius 2 is 1.96 bits per heavy atom. The third kappa shape index (κ3) is 4.09. The Labute approximate surface area is 138 Å². The normalized spacial score (nSPS) is 21.1. The van der Waals surface area contributed by atoms with Crippen molar-refractivity contribution in [3.63, 3.8) is 0 Å². The molecule has 2 fully saturated rings. The predicted molar refractivity (Wildman–Crippen MR) is 88.3 cm³/mol. The largest absolute Gasteiger partial charge is 0.335 e. The smallest absolute Gasteiger partial charge is 0.276 e. The van der Waals surface area contributed by atoms with Crippen LogP contribution in [0, 0.1) is 5.92 Å². The van der Waals surface area contributed by atoms with Crippen LogP contribution in [0.15, 0.2) is 6.20 Å². The van der Waals surface area contributed by atoms with Crippen molar-refractivity contribution in [1.82, 2.24) is 30.1 Å². The highest BCUT2D eigenvalue weighted by atomic mass is 16.2. The number of piperazine rings is 1. The molecule has 2 saturated heterocycles. The first-order chi connectivity index (χ1) is 11.1. The van der Waals surface area contributed by atoms with E-state index in [1.807, 2.05) is 15.8 Å². The van der Waals surface area contributed by atoms with Gasteiger partial charge in [-0.1, -0.05) is 19.1 Å². The third-order valence-electron chi connectivity index (χ3n) is 4.70. The van der Waals surface area contributed by atoms with Gasteiger partial charge in [-0.05, 0) is 31.8 Å². The summed E-state index contributed by atoms with van der Waals surface area (Å²) in [5.41, 5.74) is 0.487. The molecule has 0 atom stereocenters. The van der Waals surface area contributed by atoms with Crippen LogP contribution in [0.1, 0.15) is 43.2 Å². The van der Waals surface area contributed by atoms with Gasteiger partial charge in [0.15, 0.2) is 5.69 Å². The van der Waals surface area contributed by atoms with Gasteiger partial charge in [0.05, 0.1) is 12.2 Å². The second-order valence-corrected chi connectivity index (χ2v) is 7.05. The maximum atomic E-state index is 12.6. The van der Waals surface area contributed by atoms with E-state index in [1.54, 1.807) is 0 Å². The number of nitrogens with zero attached hydrogens (tertiary/aromatic N) is 5. The van der Waals surface area contributed by atoms with Gasteiger partial charge in [-0.15, -0.1) is 5.10 Å². The zero-order valence-corrected chi connectivity index (χ0v) is 14.2. The number of carbonyl (C=O) groups is 1. The number of nitrogens with one attached hydrogen (secondary N) is 1. The summed E-state index contributed by atoms with van der Waals surface area (Å²) in [6.07, 6.45) is 3.93. The van der Waals surface area contributed by atoms with Gasteiger partial charge in [-0.2, -0.15) is 0 Å². The van der Waals surface area contributed by atoms with Crippen molar-refractivity contribution in [3.8, 4) is 0 Å². The number of hydrogen-bond donors (Lipinski definition) is 1. The molecule has 0 spiro atoms. The van der Waals surface area contributed by atoms with Crippen LogP contribution >= 0.6 is 0 Å². The number of aromatic nitrogens is 3. The van der Waals surface area contributed by atoms with E-state index in [9.17, 15) is 4.79 Å². The van der Waals surface area contributed by atoms with E-state index in [4.69, 9.17) is 0 Å². The Bertz CT molecular complexity index is 514. The zero-order chi connectivity index (χ0) is 16.2. The number of piperidine rings is 1. The Morgan fingerprint density at radius 1 is 1.26 bits per heavy atom. The average Bonchev–Trinajstić information content (AvgIpc) is 3.05. The molecule has 0 unspecified atom stereocenters. The molecule has 0 aromatic carbocycles. The molecular weight excluding hydrogens is 292 g/mol. The van der Waals surface area contributed by atoms with E-state index in [-0.39, 0.29) is 5.91 Å². The summed E-state index contributed by atoms with van der Waals surface area (Å²) in [5, 5.41) is 11.7. The number of hydrogen-bond acceptors (Lipinski definition) is 5. The summed E-state index contributed by atoms with van der Waals surface area (Å²) in [7, 11) is 0. The SMILES string of the molecule is CC(C)CN1CCN(C(=O)c2cn(C3CCNCC3)nn2)CC1. The van der Waals surface area contributed by atoms with Gasteiger partial charge in [-0.3, -0.25) is 9.69 Å². The van der Waals surface area contributed by atoms with Gasteiger partial charge in [-0.25, -0.2) is 4.68 Å². The molecule has 0 bridgehead atoms. The molecule has 0 aliphatic carbocycles. The van der Waals surface area contributed by atoms with E-state index < -0.39 is 0 Å². The van der Waals surface area contributed by atoms with E-state index in [0.717, 1.165) is 58.7 Å². The second kappa shape index (κ2) is 7.40. The summed E-state index contributed by atoms with van der Waals surface area (Å²) in [6, 6.07) is 0.369. The van der Waals surface area contributed by atoms with Crippen LogP contribution in [0.5, 0.6) is 0 Å². The molecule has 23 heavy (non-hydrogen) atoms. The molecule has 3 heterocycles. The van der Waals surface area contributed by atoms with Crippen LogP contribution < -0.4 is 5.32 Å². The molecule has 3 rings (SSSR count). The lowest BCUT2D eigenvalue weighted by Crippen LogP contribution is -2.49. The Kier molecular flexibility index (Phi) is 5.27. The monoisotopic (exact) mass is 320 g/mol. The molecule has 7 nitrogen and oxygen atoms in total. The molecule has 1 aromatic rings. The second-order valence-electron chi connectivity index (χ2n) is 7.05. The lowest BCUT2D eigenvalue weighted by Gasteiger charge is -2.35. The van der Waals surface area contributed by atoms with Crippen LogP contribution in [0.25, 0.3) is 0 Å². The Morgan fingerprint density at radius 3 is 2.61 bits per heavy atom. The van der Waals surface area contributed by atoms with Crippen molar-refractivity contribution in [3.05, 3.63) is 11.9 Å². The summed E-state index contributed by atoms with van der Waals surface area (Å²) in [4.78, 5) is 16.9. The molecule has 7 heteroatoms. The minimum Gasteiger partial charge on any atom is -0.335 e. The number of rotatable bonds is 4. The summed E-state index contributed by atoms with van der Waals surface area (Å²) >= 11 is 0. The van der Waals surface area contributed by atoms with E-state index in [2.05, 4.69) is 34.4 Å². The fraction of sp³-hybridized carbons (Fsp3) is 0.812. The van der Waals surface area contributed by atoms with Crippen molar-refractivity contribution in [2.75, 3.05) is 45.8 Å². The minimum atomic E-state index is 0.0226. The Hall–Kier alpha value is -1.47. The highest BCUT2D eigenvalue weighted by Crippen LogP contribution is 2.17. The molecule has 2 aliphatic rings. The molecule has 1 amide bonds. The van der Waals surface area contributed by atoms with E-state index in [0.29, 0.717) is 17.7 Å². The van der Waals surface area contributed by atoms with Gasteiger partial charge in [0.1, 0.15) is 0 Å². The summed E-state index contributed by atoms with van der Waals surface area (Å²) in [6.45, 7) is 11.1. The van der Waals surface area contributed by atoms with Crippen molar-refractivity contribution >= 4 is 5.91 Å². The van der Waals surface area contributed by atoms with Gasteiger partial charge < -0.3 is 10.2 Å². The van der Waals surface area contributed by atoms with Crippen molar-refractivity contribution in [2.24, 2.45) is 5.92 Å². The topological polar surface area (TPSA) is 66.3 Å².